The van der Waals surface area contributed by atoms with Crippen molar-refractivity contribution in [3.63, 3.8) is 0 Å². The fraction of sp³-hybridized carbons (Fsp3) is 0.214. The van der Waals surface area contributed by atoms with Gasteiger partial charge in [-0.15, -0.1) is 0 Å². The monoisotopic (exact) mass is 475 g/mol. The van der Waals surface area contributed by atoms with Crippen LogP contribution in [0.4, 0.5) is 4.39 Å². The Balaban J connectivity index is 1.79. The summed E-state index contributed by atoms with van der Waals surface area (Å²) in [5, 5.41) is 21.0. The van der Waals surface area contributed by atoms with Gasteiger partial charge in [0.05, 0.1) is 18.2 Å². The van der Waals surface area contributed by atoms with Gasteiger partial charge >= 0.3 is 0 Å². The van der Waals surface area contributed by atoms with Crippen LogP contribution in [0.1, 0.15) is 36.6 Å². The third-order valence-electron chi connectivity index (χ3n) is 5.71. The van der Waals surface area contributed by atoms with Crippen LogP contribution in [0, 0.1) is 11.7 Å². The molecule has 3 aromatic rings. The van der Waals surface area contributed by atoms with Crippen molar-refractivity contribution in [2.75, 3.05) is 6.61 Å². The number of aliphatic hydroxyl groups is 1. The topological polar surface area (TPSA) is 87.1 Å². The number of phenolic OH excluding ortho intramolecular Hbond substituents is 1. The number of aromatic hydroxyl groups is 1. The molecule has 7 heteroatoms. The molecule has 0 radical (unpaired) electrons. The minimum atomic E-state index is -0.902. The first-order valence-corrected chi connectivity index (χ1v) is 11.3. The Labute approximate surface area is 202 Å². The molecule has 1 heterocycles. The van der Waals surface area contributed by atoms with Crippen molar-refractivity contribution in [2.24, 2.45) is 5.92 Å². The molecule has 1 atom stereocenters. The van der Waals surface area contributed by atoms with Gasteiger partial charge in [0.25, 0.3) is 11.7 Å². The lowest BCUT2D eigenvalue weighted by Crippen LogP contribution is -2.29. The summed E-state index contributed by atoms with van der Waals surface area (Å²) in [6.07, 6.45) is 0. The number of rotatable bonds is 7. The zero-order chi connectivity index (χ0) is 25.1. The Kier molecular flexibility index (Phi) is 6.87. The second kappa shape index (κ2) is 10.0. The molecule has 1 aliphatic rings. The highest BCUT2D eigenvalue weighted by Crippen LogP contribution is 2.41. The van der Waals surface area contributed by atoms with Crippen molar-refractivity contribution in [1.29, 1.82) is 0 Å². The molecule has 0 spiro atoms. The fourth-order valence-electron chi connectivity index (χ4n) is 3.98. The van der Waals surface area contributed by atoms with Crippen molar-refractivity contribution < 1.29 is 28.9 Å². The van der Waals surface area contributed by atoms with Crippen LogP contribution in [0.25, 0.3) is 5.76 Å². The highest BCUT2D eigenvalue weighted by Gasteiger charge is 2.46. The van der Waals surface area contributed by atoms with Crippen LogP contribution in [0.3, 0.4) is 0 Å². The number of carbonyl (C=O) groups excluding carboxylic acids is 2. The molecule has 1 amide bonds. The summed E-state index contributed by atoms with van der Waals surface area (Å²) < 4.78 is 19.1. The van der Waals surface area contributed by atoms with Crippen LogP contribution in [0.2, 0.25) is 0 Å². The van der Waals surface area contributed by atoms with Crippen molar-refractivity contribution in [3.8, 4) is 11.5 Å². The summed E-state index contributed by atoms with van der Waals surface area (Å²) in [6, 6.07) is 17.6. The maximum Gasteiger partial charge on any atom is 0.295 e. The second-order valence-corrected chi connectivity index (χ2v) is 8.88. The Morgan fingerprint density at radius 2 is 1.71 bits per heavy atom. The third-order valence-corrected chi connectivity index (χ3v) is 5.71. The molecule has 0 bridgehead atoms. The summed E-state index contributed by atoms with van der Waals surface area (Å²) in [5.74, 6) is -1.47. The minimum absolute atomic E-state index is 0.0271. The number of carbonyl (C=O) groups is 2. The summed E-state index contributed by atoms with van der Waals surface area (Å²) in [7, 11) is 0. The van der Waals surface area contributed by atoms with Crippen LogP contribution < -0.4 is 4.74 Å². The average Bonchev–Trinajstić information content (AvgIpc) is 3.09. The molecule has 1 fully saturated rings. The van der Waals surface area contributed by atoms with Gasteiger partial charge in [-0.25, -0.2) is 4.39 Å². The van der Waals surface area contributed by atoms with Crippen LogP contribution in [0.5, 0.6) is 11.5 Å². The van der Waals surface area contributed by atoms with Crippen LogP contribution in [-0.4, -0.2) is 33.4 Å². The molecule has 1 saturated heterocycles. The van der Waals surface area contributed by atoms with Gasteiger partial charge in [-0.2, -0.15) is 0 Å². The number of nitrogens with zero attached hydrogens (tertiary/aromatic N) is 1. The molecule has 180 valence electrons. The number of ketones is 1. The van der Waals surface area contributed by atoms with Crippen LogP contribution in [0.15, 0.2) is 78.4 Å². The third kappa shape index (κ3) is 5.19. The van der Waals surface area contributed by atoms with Gasteiger partial charge < -0.3 is 19.8 Å². The zero-order valence-electron chi connectivity index (χ0n) is 19.4. The summed E-state index contributed by atoms with van der Waals surface area (Å²) in [4.78, 5) is 27.6. The predicted octanol–water partition coefficient (Wildman–Crippen LogP) is 5.19. The quantitative estimate of drug-likeness (QED) is 0.279. The van der Waals surface area contributed by atoms with Gasteiger partial charge in [-0.05, 0) is 53.4 Å². The number of amides is 1. The maximum absolute atomic E-state index is 13.4. The van der Waals surface area contributed by atoms with Crippen molar-refractivity contribution in [2.45, 2.75) is 26.4 Å². The summed E-state index contributed by atoms with van der Waals surface area (Å²) in [5.41, 5.74) is 1.44. The minimum Gasteiger partial charge on any atom is -0.508 e. The lowest BCUT2D eigenvalue weighted by atomic mass is 9.95. The molecule has 0 aromatic heterocycles. The van der Waals surface area contributed by atoms with E-state index >= 15 is 0 Å². The van der Waals surface area contributed by atoms with E-state index in [4.69, 9.17) is 4.74 Å². The van der Waals surface area contributed by atoms with E-state index in [9.17, 15) is 24.2 Å². The molecule has 3 aromatic carbocycles. The normalized spacial score (nSPS) is 17.3. The Morgan fingerprint density at radius 3 is 2.37 bits per heavy atom. The summed E-state index contributed by atoms with van der Waals surface area (Å²) >= 11 is 0. The molecule has 1 unspecified atom stereocenters. The number of halogens is 1. The molecule has 0 aliphatic carbocycles. The smallest absolute Gasteiger partial charge is 0.295 e. The molecule has 0 saturated carbocycles. The lowest BCUT2D eigenvalue weighted by molar-refractivity contribution is -0.140. The van der Waals surface area contributed by atoms with E-state index in [2.05, 4.69) is 0 Å². The Bertz CT molecular complexity index is 1270. The Hall–Kier alpha value is -4.13. The van der Waals surface area contributed by atoms with Crippen LogP contribution >= 0.6 is 0 Å². The van der Waals surface area contributed by atoms with E-state index < -0.39 is 23.5 Å². The highest BCUT2D eigenvalue weighted by molar-refractivity contribution is 6.46. The van der Waals surface area contributed by atoms with E-state index in [1.165, 1.54) is 41.3 Å². The van der Waals surface area contributed by atoms with E-state index in [0.717, 1.165) is 0 Å². The van der Waals surface area contributed by atoms with E-state index in [0.29, 0.717) is 35.0 Å². The van der Waals surface area contributed by atoms with Gasteiger partial charge in [0.15, 0.2) is 0 Å². The number of likely N-dealkylation sites (tertiary alicyclic amines) is 1. The number of aliphatic hydroxyl groups excluding tert-OH is 1. The number of hydrogen-bond acceptors (Lipinski definition) is 5. The SMILES string of the molecule is CC(C)COc1cccc(/C(O)=C2/C(=O)C(=O)N(Cc3ccc(F)cc3)C2c2ccc(O)cc2)c1. The lowest BCUT2D eigenvalue weighted by Gasteiger charge is -2.25. The van der Waals surface area contributed by atoms with Gasteiger partial charge in [0, 0.05) is 12.1 Å². The molecular formula is C28H26FNO5. The highest BCUT2D eigenvalue weighted by atomic mass is 19.1. The number of phenols is 1. The largest absolute Gasteiger partial charge is 0.508 e. The predicted molar refractivity (Wildman–Crippen MR) is 129 cm³/mol. The first-order chi connectivity index (χ1) is 16.7. The first-order valence-electron chi connectivity index (χ1n) is 11.3. The number of Topliss-reactive ketones (excluding diaryl/α,β-unsaturated/α-hetero) is 1. The fourth-order valence-corrected chi connectivity index (χ4v) is 3.98. The second-order valence-electron chi connectivity index (χ2n) is 8.88. The number of ether oxygens (including phenoxy) is 1. The molecule has 2 N–H and O–H groups in total. The molecular weight excluding hydrogens is 449 g/mol. The first kappa shape index (κ1) is 24.0. The maximum atomic E-state index is 13.4. The number of hydrogen-bond donors (Lipinski definition) is 2. The van der Waals surface area contributed by atoms with E-state index in [1.54, 1.807) is 36.4 Å². The molecule has 6 nitrogen and oxygen atoms in total. The van der Waals surface area contributed by atoms with E-state index in [-0.39, 0.29) is 23.6 Å². The number of benzene rings is 3. The van der Waals surface area contributed by atoms with Gasteiger partial charge in [0.1, 0.15) is 23.1 Å². The van der Waals surface area contributed by atoms with Gasteiger partial charge in [-0.3, -0.25) is 9.59 Å². The zero-order valence-corrected chi connectivity index (χ0v) is 19.4. The van der Waals surface area contributed by atoms with Crippen molar-refractivity contribution in [3.05, 3.63) is 101 Å². The molecule has 35 heavy (non-hydrogen) atoms. The van der Waals surface area contributed by atoms with Gasteiger partial charge in [0.2, 0.25) is 0 Å². The van der Waals surface area contributed by atoms with Crippen LogP contribution in [-0.2, 0) is 16.1 Å². The van der Waals surface area contributed by atoms with Crippen molar-refractivity contribution in [1.82, 2.24) is 4.90 Å². The Morgan fingerprint density at radius 1 is 1.03 bits per heavy atom. The van der Waals surface area contributed by atoms with Crippen molar-refractivity contribution >= 4 is 17.4 Å². The average molecular weight is 476 g/mol. The molecule has 4 rings (SSSR count). The summed E-state index contributed by atoms with van der Waals surface area (Å²) in [6.45, 7) is 4.55. The van der Waals surface area contributed by atoms with Gasteiger partial charge in [-0.1, -0.05) is 50.2 Å². The van der Waals surface area contributed by atoms with E-state index in [1.807, 2.05) is 13.8 Å². The standard InChI is InChI=1S/C28H26FNO5/c1-17(2)16-35-23-5-3-4-20(14-23)26(32)24-25(19-8-12-22(31)13-9-19)30(28(34)27(24)33)15-18-6-10-21(29)11-7-18/h3-14,17,25,31-32H,15-16H2,1-2H3/b26-24-. The molecule has 1 aliphatic heterocycles.